The molecule has 1 aliphatic rings. The van der Waals surface area contributed by atoms with Crippen LogP contribution in [0.25, 0.3) is 11.0 Å². The molecule has 39 heavy (non-hydrogen) atoms. The lowest BCUT2D eigenvalue weighted by molar-refractivity contribution is 0.0730. The van der Waals surface area contributed by atoms with Gasteiger partial charge in [0.05, 0.1) is 31.2 Å². The van der Waals surface area contributed by atoms with E-state index in [0.29, 0.717) is 47.6 Å². The molecule has 7 nitrogen and oxygen atoms in total. The zero-order chi connectivity index (χ0) is 27.7. The van der Waals surface area contributed by atoms with Crippen LogP contribution in [0.3, 0.4) is 0 Å². The minimum absolute atomic E-state index is 0.0881. The van der Waals surface area contributed by atoms with Crippen molar-refractivity contribution < 1.29 is 23.4 Å². The van der Waals surface area contributed by atoms with E-state index in [1.54, 1.807) is 31.3 Å². The van der Waals surface area contributed by atoms with Gasteiger partial charge in [-0.25, -0.2) is 0 Å². The third kappa shape index (κ3) is 4.76. The molecule has 200 valence electrons. The van der Waals surface area contributed by atoms with E-state index < -0.39 is 6.04 Å². The van der Waals surface area contributed by atoms with E-state index in [9.17, 15) is 9.59 Å². The first-order valence-electron chi connectivity index (χ1n) is 12.8. The van der Waals surface area contributed by atoms with Crippen LogP contribution >= 0.6 is 0 Å². The molecular weight excluding hydrogens is 494 g/mol. The van der Waals surface area contributed by atoms with E-state index in [0.717, 1.165) is 28.0 Å². The first-order valence-corrected chi connectivity index (χ1v) is 12.8. The van der Waals surface area contributed by atoms with Crippen LogP contribution in [0.4, 0.5) is 0 Å². The lowest BCUT2D eigenvalue weighted by atomic mass is 9.97. The molecule has 5 rings (SSSR count). The first kappa shape index (κ1) is 26.1. The average molecular weight is 526 g/mol. The lowest BCUT2D eigenvalue weighted by Gasteiger charge is -2.26. The SMILES string of the molecule is C=CCOc1ccc(C2c3c(oc4c(C)cc(C)cc4c3=O)C(=O)N2CCc2ccc(OC)cc2)cc1OC. The summed E-state index contributed by atoms with van der Waals surface area (Å²) < 4.78 is 22.8. The Balaban J connectivity index is 1.63. The minimum atomic E-state index is -0.644. The molecule has 1 unspecified atom stereocenters. The van der Waals surface area contributed by atoms with Gasteiger partial charge >= 0.3 is 0 Å². The maximum Gasteiger partial charge on any atom is 0.290 e. The molecule has 2 heterocycles. The molecule has 0 aliphatic carbocycles. The fourth-order valence-electron chi connectivity index (χ4n) is 5.22. The Kier molecular flexibility index (Phi) is 7.15. The van der Waals surface area contributed by atoms with Crippen LogP contribution < -0.4 is 19.6 Å². The molecule has 4 aromatic rings. The van der Waals surface area contributed by atoms with Crippen LogP contribution in [0, 0.1) is 13.8 Å². The van der Waals surface area contributed by atoms with Crippen molar-refractivity contribution in [3.8, 4) is 17.2 Å². The summed E-state index contributed by atoms with van der Waals surface area (Å²) in [5.74, 6) is 1.59. The molecule has 3 aromatic carbocycles. The Bertz CT molecular complexity index is 1620. The molecule has 0 saturated heterocycles. The monoisotopic (exact) mass is 525 g/mol. The summed E-state index contributed by atoms with van der Waals surface area (Å²) in [4.78, 5) is 29.5. The molecule has 1 amide bonds. The highest BCUT2D eigenvalue weighted by atomic mass is 16.5. The molecule has 1 aliphatic heterocycles. The standard InChI is InChI=1S/C32H31NO6/c1-6-15-38-25-12-9-22(18-26(25)37-5)28-27-29(34)24-17-19(2)16-20(3)30(24)39-31(27)32(35)33(28)14-13-21-7-10-23(36-4)11-8-21/h6-12,16-18,28H,1,13-15H2,2-5H3. The fraction of sp³-hybridized carbons (Fsp3) is 0.250. The quantitative estimate of drug-likeness (QED) is 0.258. The molecular formula is C32H31NO6. The van der Waals surface area contributed by atoms with Gasteiger partial charge in [-0.2, -0.15) is 0 Å². The summed E-state index contributed by atoms with van der Waals surface area (Å²) in [7, 11) is 3.18. The minimum Gasteiger partial charge on any atom is -0.497 e. The van der Waals surface area contributed by atoms with Gasteiger partial charge in [-0.15, -0.1) is 0 Å². The number of benzene rings is 3. The average Bonchev–Trinajstić information content (AvgIpc) is 3.23. The van der Waals surface area contributed by atoms with Crippen LogP contribution in [-0.2, 0) is 6.42 Å². The summed E-state index contributed by atoms with van der Waals surface area (Å²) in [5.41, 5.74) is 4.13. The predicted octanol–water partition coefficient (Wildman–Crippen LogP) is 5.78. The number of aryl methyl sites for hydroxylation is 2. The zero-order valence-electron chi connectivity index (χ0n) is 22.6. The van der Waals surface area contributed by atoms with Gasteiger partial charge in [0.1, 0.15) is 17.9 Å². The molecule has 1 aromatic heterocycles. The van der Waals surface area contributed by atoms with E-state index in [2.05, 4.69) is 6.58 Å². The van der Waals surface area contributed by atoms with Gasteiger partial charge < -0.3 is 23.5 Å². The molecule has 1 atom stereocenters. The van der Waals surface area contributed by atoms with Crippen LogP contribution in [0.2, 0.25) is 0 Å². The molecule has 0 bridgehead atoms. The Hall–Kier alpha value is -4.52. The van der Waals surface area contributed by atoms with Gasteiger partial charge in [0.15, 0.2) is 16.9 Å². The smallest absolute Gasteiger partial charge is 0.290 e. The van der Waals surface area contributed by atoms with Crippen LogP contribution in [0.5, 0.6) is 17.2 Å². The Morgan fingerprint density at radius 2 is 1.74 bits per heavy atom. The van der Waals surface area contributed by atoms with Crippen molar-refractivity contribution in [2.75, 3.05) is 27.4 Å². The Labute approximate surface area is 227 Å². The number of rotatable bonds is 9. The topological polar surface area (TPSA) is 78.2 Å². The van der Waals surface area contributed by atoms with Crippen LogP contribution in [0.1, 0.15) is 44.4 Å². The van der Waals surface area contributed by atoms with Crippen molar-refractivity contribution in [1.82, 2.24) is 4.90 Å². The number of methoxy groups -OCH3 is 2. The van der Waals surface area contributed by atoms with Crippen molar-refractivity contribution in [1.29, 1.82) is 0 Å². The summed E-state index contributed by atoms with van der Waals surface area (Å²) in [6, 6.07) is 16.3. The molecule has 0 radical (unpaired) electrons. The molecule has 7 heteroatoms. The van der Waals surface area contributed by atoms with Gasteiger partial charge in [-0.05, 0) is 72.9 Å². The van der Waals surface area contributed by atoms with E-state index in [4.69, 9.17) is 18.6 Å². The molecule has 0 N–H and O–H groups in total. The number of amides is 1. The second-order valence-electron chi connectivity index (χ2n) is 9.64. The summed E-state index contributed by atoms with van der Waals surface area (Å²) in [6.07, 6.45) is 2.24. The van der Waals surface area contributed by atoms with Gasteiger partial charge in [-0.1, -0.05) is 36.9 Å². The molecule has 0 spiro atoms. The van der Waals surface area contributed by atoms with Crippen molar-refractivity contribution in [2.24, 2.45) is 0 Å². The number of carbonyl (C=O) groups is 1. The number of nitrogens with zero attached hydrogens (tertiary/aromatic N) is 1. The van der Waals surface area contributed by atoms with Crippen molar-refractivity contribution >= 4 is 16.9 Å². The first-order chi connectivity index (χ1) is 18.9. The Morgan fingerprint density at radius 3 is 2.44 bits per heavy atom. The molecule has 0 saturated carbocycles. The summed E-state index contributed by atoms with van der Waals surface area (Å²) in [5, 5.41) is 0.471. The number of carbonyl (C=O) groups excluding carboxylic acids is 1. The van der Waals surface area contributed by atoms with Crippen molar-refractivity contribution in [3.63, 3.8) is 0 Å². The van der Waals surface area contributed by atoms with Crippen LogP contribution in [0.15, 0.2) is 76.5 Å². The summed E-state index contributed by atoms with van der Waals surface area (Å²) >= 11 is 0. The maximum absolute atomic E-state index is 14.0. The zero-order valence-corrected chi connectivity index (χ0v) is 22.6. The van der Waals surface area contributed by atoms with E-state index in [1.165, 1.54) is 0 Å². The number of fused-ring (bicyclic) bond motifs is 2. The van der Waals surface area contributed by atoms with Crippen molar-refractivity contribution in [3.05, 3.63) is 111 Å². The van der Waals surface area contributed by atoms with E-state index in [-0.39, 0.29) is 17.1 Å². The van der Waals surface area contributed by atoms with Gasteiger partial charge in [0.25, 0.3) is 5.91 Å². The highest BCUT2D eigenvalue weighted by Gasteiger charge is 2.43. The highest BCUT2D eigenvalue weighted by molar-refractivity contribution is 5.99. The second-order valence-corrected chi connectivity index (χ2v) is 9.64. The number of ether oxygens (including phenoxy) is 3. The second kappa shape index (κ2) is 10.7. The highest BCUT2D eigenvalue weighted by Crippen LogP contribution is 2.41. The summed E-state index contributed by atoms with van der Waals surface area (Å²) in [6.45, 7) is 8.22. The third-order valence-corrected chi connectivity index (χ3v) is 7.06. The predicted molar refractivity (Wildman–Crippen MR) is 150 cm³/mol. The van der Waals surface area contributed by atoms with Crippen molar-refractivity contribution in [2.45, 2.75) is 26.3 Å². The van der Waals surface area contributed by atoms with E-state index in [1.807, 2.05) is 62.4 Å². The normalized spacial score (nSPS) is 14.4. The third-order valence-electron chi connectivity index (χ3n) is 7.06. The largest absolute Gasteiger partial charge is 0.497 e. The number of hydrogen-bond donors (Lipinski definition) is 0. The van der Waals surface area contributed by atoms with Gasteiger partial charge in [0, 0.05) is 6.54 Å². The van der Waals surface area contributed by atoms with Crippen LogP contribution in [-0.4, -0.2) is 38.2 Å². The maximum atomic E-state index is 14.0. The van der Waals surface area contributed by atoms with Gasteiger partial charge in [0.2, 0.25) is 5.76 Å². The van der Waals surface area contributed by atoms with Gasteiger partial charge in [-0.3, -0.25) is 9.59 Å². The fourth-order valence-corrected chi connectivity index (χ4v) is 5.22. The lowest BCUT2D eigenvalue weighted by Crippen LogP contribution is -2.31. The number of hydrogen-bond acceptors (Lipinski definition) is 6. The molecule has 0 fully saturated rings. The Morgan fingerprint density at radius 1 is 0.974 bits per heavy atom. The van der Waals surface area contributed by atoms with E-state index >= 15 is 0 Å².